The van der Waals surface area contributed by atoms with Crippen molar-refractivity contribution in [2.75, 3.05) is 6.54 Å². The van der Waals surface area contributed by atoms with Gasteiger partial charge in [0, 0.05) is 35.1 Å². The molecule has 0 saturated heterocycles. The van der Waals surface area contributed by atoms with Gasteiger partial charge in [-0.05, 0) is 42.0 Å². The van der Waals surface area contributed by atoms with Gasteiger partial charge in [0.05, 0.1) is 5.01 Å². The number of aromatic nitrogens is 1. The maximum absolute atomic E-state index is 6.18. The molecule has 2 nitrogen and oxygen atoms in total. The van der Waals surface area contributed by atoms with Gasteiger partial charge in [-0.15, -0.1) is 11.3 Å². The predicted octanol–water partition coefficient (Wildman–Crippen LogP) is 4.56. The topological polar surface area (TPSA) is 24.9 Å². The second-order valence-corrected chi connectivity index (χ2v) is 7.91. The Morgan fingerprint density at radius 3 is 2.95 bits per heavy atom. The van der Waals surface area contributed by atoms with Crippen molar-refractivity contribution < 1.29 is 0 Å². The Hall–Kier alpha value is -0.900. The first-order chi connectivity index (χ1) is 9.95. The standard InChI is InChI=1S/C17H21ClN2S/c1-11-10-21-15(20-11)6-7-19-16-14-8-13(18)5-4-12(14)9-17(16,2)3/h4-5,8,10,16,19H,6-7,9H2,1-3H3. The molecule has 0 amide bonds. The third-order valence-corrected chi connectivity index (χ3v) is 5.46. The number of rotatable bonds is 4. The molecular weight excluding hydrogens is 300 g/mol. The summed E-state index contributed by atoms with van der Waals surface area (Å²) >= 11 is 7.93. The summed E-state index contributed by atoms with van der Waals surface area (Å²) in [7, 11) is 0. The zero-order chi connectivity index (χ0) is 15.0. The molecule has 0 spiro atoms. The van der Waals surface area contributed by atoms with Gasteiger partial charge >= 0.3 is 0 Å². The summed E-state index contributed by atoms with van der Waals surface area (Å²) in [5.41, 5.74) is 4.13. The van der Waals surface area contributed by atoms with Gasteiger partial charge in [-0.3, -0.25) is 0 Å². The summed E-state index contributed by atoms with van der Waals surface area (Å²) in [6.07, 6.45) is 2.09. The minimum absolute atomic E-state index is 0.228. The third-order valence-electron chi connectivity index (χ3n) is 4.20. The molecule has 1 aliphatic carbocycles. The zero-order valence-electron chi connectivity index (χ0n) is 12.7. The predicted molar refractivity (Wildman–Crippen MR) is 90.2 cm³/mol. The van der Waals surface area contributed by atoms with Crippen LogP contribution in [-0.4, -0.2) is 11.5 Å². The molecule has 2 aromatic rings. The first kappa shape index (κ1) is 15.0. The molecule has 1 aliphatic rings. The molecule has 0 radical (unpaired) electrons. The van der Waals surface area contributed by atoms with Gasteiger partial charge < -0.3 is 5.32 Å². The molecule has 4 heteroatoms. The van der Waals surface area contributed by atoms with Gasteiger partial charge in [0.2, 0.25) is 0 Å². The Kier molecular flexibility index (Phi) is 4.08. The number of benzene rings is 1. The van der Waals surface area contributed by atoms with Gasteiger partial charge in [0.15, 0.2) is 0 Å². The van der Waals surface area contributed by atoms with Crippen LogP contribution < -0.4 is 5.32 Å². The molecular formula is C17H21ClN2S. The first-order valence-electron chi connectivity index (χ1n) is 7.38. The summed E-state index contributed by atoms with van der Waals surface area (Å²) in [6, 6.07) is 6.66. The van der Waals surface area contributed by atoms with Crippen molar-refractivity contribution in [2.45, 2.75) is 39.7 Å². The van der Waals surface area contributed by atoms with Crippen LogP contribution in [0.5, 0.6) is 0 Å². The Bertz CT molecular complexity index is 648. The van der Waals surface area contributed by atoms with E-state index in [4.69, 9.17) is 11.6 Å². The minimum atomic E-state index is 0.228. The van der Waals surface area contributed by atoms with Crippen LogP contribution in [0.15, 0.2) is 23.6 Å². The van der Waals surface area contributed by atoms with Crippen molar-refractivity contribution in [2.24, 2.45) is 5.41 Å². The fourth-order valence-electron chi connectivity index (χ4n) is 3.24. The fourth-order valence-corrected chi connectivity index (χ4v) is 4.19. The molecule has 0 bridgehead atoms. The molecule has 0 aliphatic heterocycles. The molecule has 21 heavy (non-hydrogen) atoms. The summed E-state index contributed by atoms with van der Waals surface area (Å²) in [4.78, 5) is 4.53. The number of aryl methyl sites for hydroxylation is 1. The number of hydrogen-bond donors (Lipinski definition) is 1. The van der Waals surface area contributed by atoms with E-state index in [2.05, 4.69) is 41.7 Å². The van der Waals surface area contributed by atoms with Crippen molar-refractivity contribution in [1.29, 1.82) is 0 Å². The highest BCUT2D eigenvalue weighted by Crippen LogP contribution is 2.45. The lowest BCUT2D eigenvalue weighted by Gasteiger charge is -2.28. The van der Waals surface area contributed by atoms with E-state index in [0.29, 0.717) is 6.04 Å². The van der Waals surface area contributed by atoms with Gasteiger partial charge in [-0.1, -0.05) is 31.5 Å². The zero-order valence-corrected chi connectivity index (χ0v) is 14.3. The van der Waals surface area contributed by atoms with Crippen LogP contribution in [0.25, 0.3) is 0 Å². The molecule has 1 aromatic heterocycles. The molecule has 1 unspecified atom stereocenters. The van der Waals surface area contributed by atoms with Crippen molar-refractivity contribution in [3.63, 3.8) is 0 Å². The van der Waals surface area contributed by atoms with E-state index < -0.39 is 0 Å². The fraction of sp³-hybridized carbons (Fsp3) is 0.471. The van der Waals surface area contributed by atoms with Crippen molar-refractivity contribution in [3.05, 3.63) is 50.4 Å². The number of nitrogens with zero attached hydrogens (tertiary/aromatic N) is 1. The van der Waals surface area contributed by atoms with Gasteiger partial charge in [-0.25, -0.2) is 4.98 Å². The van der Waals surface area contributed by atoms with Crippen LogP contribution in [-0.2, 0) is 12.8 Å². The van der Waals surface area contributed by atoms with E-state index in [1.165, 1.54) is 16.1 Å². The minimum Gasteiger partial charge on any atom is -0.309 e. The Balaban J connectivity index is 1.71. The van der Waals surface area contributed by atoms with Crippen LogP contribution in [0.3, 0.4) is 0 Å². The Labute approximate surface area is 135 Å². The van der Waals surface area contributed by atoms with E-state index >= 15 is 0 Å². The van der Waals surface area contributed by atoms with Crippen molar-refractivity contribution in [3.8, 4) is 0 Å². The Morgan fingerprint density at radius 1 is 1.43 bits per heavy atom. The largest absolute Gasteiger partial charge is 0.309 e. The number of halogens is 1. The van der Waals surface area contributed by atoms with Crippen LogP contribution in [0.2, 0.25) is 5.02 Å². The first-order valence-corrected chi connectivity index (χ1v) is 8.64. The smallest absolute Gasteiger partial charge is 0.0940 e. The van der Waals surface area contributed by atoms with E-state index in [0.717, 1.165) is 30.1 Å². The lowest BCUT2D eigenvalue weighted by atomic mass is 9.85. The monoisotopic (exact) mass is 320 g/mol. The highest BCUT2D eigenvalue weighted by Gasteiger charge is 2.38. The van der Waals surface area contributed by atoms with Crippen LogP contribution in [0.4, 0.5) is 0 Å². The highest BCUT2D eigenvalue weighted by atomic mass is 35.5. The average molecular weight is 321 g/mol. The SMILES string of the molecule is Cc1csc(CCNC2c3cc(Cl)ccc3CC2(C)C)n1. The second kappa shape index (κ2) is 5.71. The van der Waals surface area contributed by atoms with Crippen LogP contribution >= 0.6 is 22.9 Å². The summed E-state index contributed by atoms with van der Waals surface area (Å²) in [5, 5.41) is 7.87. The Morgan fingerprint density at radius 2 is 2.24 bits per heavy atom. The van der Waals surface area contributed by atoms with Gasteiger partial charge in [-0.2, -0.15) is 0 Å². The lowest BCUT2D eigenvalue weighted by Crippen LogP contribution is -2.32. The average Bonchev–Trinajstić information content (AvgIpc) is 2.92. The maximum Gasteiger partial charge on any atom is 0.0940 e. The molecule has 0 fully saturated rings. The second-order valence-electron chi connectivity index (χ2n) is 6.53. The molecule has 1 aromatic carbocycles. The lowest BCUT2D eigenvalue weighted by molar-refractivity contribution is 0.271. The van der Waals surface area contributed by atoms with Crippen molar-refractivity contribution in [1.82, 2.24) is 10.3 Å². The number of thiazole rings is 1. The molecule has 3 rings (SSSR count). The van der Waals surface area contributed by atoms with E-state index in [9.17, 15) is 0 Å². The number of nitrogens with one attached hydrogen (secondary N) is 1. The number of hydrogen-bond acceptors (Lipinski definition) is 3. The molecule has 1 atom stereocenters. The summed E-state index contributed by atoms with van der Waals surface area (Å²) in [5.74, 6) is 0. The van der Waals surface area contributed by atoms with E-state index in [1.54, 1.807) is 11.3 Å². The van der Waals surface area contributed by atoms with Gasteiger partial charge in [0.25, 0.3) is 0 Å². The molecule has 1 heterocycles. The van der Waals surface area contributed by atoms with Crippen LogP contribution in [0.1, 0.15) is 41.7 Å². The van der Waals surface area contributed by atoms with Gasteiger partial charge in [0.1, 0.15) is 0 Å². The third kappa shape index (κ3) is 3.15. The molecule has 0 saturated carbocycles. The summed E-state index contributed by atoms with van der Waals surface area (Å²) < 4.78 is 0. The summed E-state index contributed by atoms with van der Waals surface area (Å²) in [6.45, 7) is 7.65. The van der Waals surface area contributed by atoms with Crippen LogP contribution in [0, 0.1) is 12.3 Å². The number of fused-ring (bicyclic) bond motifs is 1. The molecule has 1 N–H and O–H groups in total. The van der Waals surface area contributed by atoms with E-state index in [1.807, 2.05) is 13.0 Å². The highest BCUT2D eigenvalue weighted by molar-refractivity contribution is 7.09. The quantitative estimate of drug-likeness (QED) is 0.893. The van der Waals surface area contributed by atoms with E-state index in [-0.39, 0.29) is 5.41 Å². The van der Waals surface area contributed by atoms with Crippen molar-refractivity contribution >= 4 is 22.9 Å². The molecule has 112 valence electrons. The normalized spacial score (nSPS) is 19.7. The maximum atomic E-state index is 6.18.